The fourth-order valence-corrected chi connectivity index (χ4v) is 4.66. The van der Waals surface area contributed by atoms with Crippen LogP contribution in [0.15, 0.2) is 29.2 Å². The highest BCUT2D eigenvalue weighted by molar-refractivity contribution is 8.00. The molecule has 3 nitrogen and oxygen atoms in total. The molecule has 120 valence electrons. The minimum Gasteiger partial charge on any atom is -0.360 e. The Morgan fingerprint density at radius 3 is 2.73 bits per heavy atom. The van der Waals surface area contributed by atoms with Gasteiger partial charge in [-0.05, 0) is 25.0 Å². The lowest BCUT2D eigenvalue weighted by Crippen LogP contribution is -2.44. The summed E-state index contributed by atoms with van der Waals surface area (Å²) in [5, 5.41) is 3.79. The largest absolute Gasteiger partial charge is 0.360 e. The lowest BCUT2D eigenvalue weighted by Gasteiger charge is -2.34. The third-order valence-corrected chi connectivity index (χ3v) is 5.72. The topological polar surface area (TPSA) is 32.3 Å². The number of nitrogens with one attached hydrogen (secondary N) is 1. The van der Waals surface area contributed by atoms with E-state index >= 15 is 0 Å². The van der Waals surface area contributed by atoms with Gasteiger partial charge in [0, 0.05) is 22.7 Å². The summed E-state index contributed by atoms with van der Waals surface area (Å²) < 4.78 is 0. The fourth-order valence-electron chi connectivity index (χ4n) is 3.50. The molecule has 0 aromatic heterocycles. The van der Waals surface area contributed by atoms with Gasteiger partial charge in [0.1, 0.15) is 0 Å². The summed E-state index contributed by atoms with van der Waals surface area (Å²) in [6.45, 7) is 3.66. The maximum atomic E-state index is 12.4. The molecule has 22 heavy (non-hydrogen) atoms. The number of rotatable bonds is 3. The number of carbonyl (C=O) groups is 1. The number of carbonyl (C=O) groups excluding carboxylic acids is 1. The zero-order chi connectivity index (χ0) is 15.4. The first-order chi connectivity index (χ1) is 10.7. The average Bonchev–Trinajstić information content (AvgIpc) is 2.75. The molecule has 1 heterocycles. The number of nitrogens with zero attached hydrogens (tertiary/aromatic N) is 1. The van der Waals surface area contributed by atoms with E-state index in [0.717, 1.165) is 19.4 Å². The van der Waals surface area contributed by atoms with Crippen LogP contribution < -0.4 is 10.2 Å². The standard InChI is InChI=1S/C18H26N2OS/c1-14-12-20(16-10-6-7-11-17(16)22-14)13-18(21)19-15-8-4-2-3-5-9-15/h6-7,10-11,14-15H,2-5,8-9,12-13H2,1H3,(H,19,21). The van der Waals surface area contributed by atoms with Gasteiger partial charge < -0.3 is 10.2 Å². The molecule has 1 saturated carbocycles. The van der Waals surface area contributed by atoms with Crippen molar-refractivity contribution in [3.05, 3.63) is 24.3 Å². The molecule has 1 aromatic carbocycles. The van der Waals surface area contributed by atoms with Crippen molar-refractivity contribution in [2.45, 2.75) is 61.6 Å². The Balaban J connectivity index is 1.61. The Kier molecular flexibility index (Phi) is 5.29. The van der Waals surface area contributed by atoms with Crippen molar-refractivity contribution in [1.82, 2.24) is 5.32 Å². The van der Waals surface area contributed by atoms with Crippen LogP contribution in [0.2, 0.25) is 0 Å². The van der Waals surface area contributed by atoms with Gasteiger partial charge in [-0.1, -0.05) is 44.7 Å². The van der Waals surface area contributed by atoms with Crippen LogP contribution in [0, 0.1) is 0 Å². The van der Waals surface area contributed by atoms with Crippen molar-refractivity contribution in [1.29, 1.82) is 0 Å². The normalized spacial score (nSPS) is 22.8. The molecule has 4 heteroatoms. The lowest BCUT2D eigenvalue weighted by molar-refractivity contribution is -0.120. The molecule has 1 fully saturated rings. The highest BCUT2D eigenvalue weighted by Gasteiger charge is 2.24. The van der Waals surface area contributed by atoms with Gasteiger partial charge in [0.2, 0.25) is 5.91 Å². The molecule has 3 rings (SSSR count). The Morgan fingerprint density at radius 1 is 1.23 bits per heavy atom. The monoisotopic (exact) mass is 318 g/mol. The maximum Gasteiger partial charge on any atom is 0.239 e. The van der Waals surface area contributed by atoms with Gasteiger partial charge in [-0.2, -0.15) is 0 Å². The number of anilines is 1. The zero-order valence-electron chi connectivity index (χ0n) is 13.4. The van der Waals surface area contributed by atoms with E-state index in [1.54, 1.807) is 0 Å². The Bertz CT molecular complexity index is 512. The Morgan fingerprint density at radius 2 is 1.95 bits per heavy atom. The van der Waals surface area contributed by atoms with Gasteiger partial charge in [0.15, 0.2) is 0 Å². The van der Waals surface area contributed by atoms with Gasteiger partial charge in [0.25, 0.3) is 0 Å². The van der Waals surface area contributed by atoms with E-state index in [2.05, 4.69) is 41.4 Å². The van der Waals surface area contributed by atoms with E-state index in [4.69, 9.17) is 0 Å². The number of amides is 1. The molecule has 1 N–H and O–H groups in total. The van der Waals surface area contributed by atoms with Crippen molar-refractivity contribution in [2.24, 2.45) is 0 Å². The number of para-hydroxylation sites is 1. The van der Waals surface area contributed by atoms with Gasteiger partial charge in [-0.3, -0.25) is 4.79 Å². The van der Waals surface area contributed by atoms with Crippen LogP contribution in [-0.2, 0) is 4.79 Å². The summed E-state index contributed by atoms with van der Waals surface area (Å²) >= 11 is 1.91. The molecule has 0 spiro atoms. The molecule has 1 aliphatic heterocycles. The molecule has 1 atom stereocenters. The van der Waals surface area contributed by atoms with Crippen molar-refractivity contribution >= 4 is 23.4 Å². The minimum atomic E-state index is 0.181. The third-order valence-electron chi connectivity index (χ3n) is 4.57. The van der Waals surface area contributed by atoms with Gasteiger partial charge in [-0.25, -0.2) is 0 Å². The fraction of sp³-hybridized carbons (Fsp3) is 0.611. The first-order valence-corrected chi connectivity index (χ1v) is 9.40. The third kappa shape index (κ3) is 3.97. The summed E-state index contributed by atoms with van der Waals surface area (Å²) in [7, 11) is 0. The van der Waals surface area contributed by atoms with Crippen LogP contribution in [0.1, 0.15) is 45.4 Å². The summed E-state index contributed by atoms with van der Waals surface area (Å²) in [5.41, 5.74) is 1.21. The lowest BCUT2D eigenvalue weighted by atomic mass is 10.1. The number of benzene rings is 1. The predicted octanol–water partition coefficient (Wildman–Crippen LogP) is 3.83. The smallest absolute Gasteiger partial charge is 0.239 e. The molecule has 1 unspecified atom stereocenters. The highest BCUT2D eigenvalue weighted by Crippen LogP contribution is 2.37. The number of fused-ring (bicyclic) bond motifs is 1. The van der Waals surface area contributed by atoms with E-state index in [9.17, 15) is 4.79 Å². The van der Waals surface area contributed by atoms with Crippen LogP contribution in [-0.4, -0.2) is 30.3 Å². The zero-order valence-corrected chi connectivity index (χ0v) is 14.2. The summed E-state index contributed by atoms with van der Waals surface area (Å²) in [5.74, 6) is 0.181. The minimum absolute atomic E-state index is 0.181. The van der Waals surface area contributed by atoms with Gasteiger partial charge >= 0.3 is 0 Å². The number of thioether (sulfide) groups is 1. The van der Waals surface area contributed by atoms with Crippen molar-refractivity contribution in [3.8, 4) is 0 Å². The second-order valence-electron chi connectivity index (χ2n) is 6.53. The maximum absolute atomic E-state index is 12.4. The molecule has 0 saturated heterocycles. The van der Waals surface area contributed by atoms with Crippen molar-refractivity contribution in [2.75, 3.05) is 18.0 Å². The SMILES string of the molecule is CC1CN(CC(=O)NC2CCCCCC2)c2ccccc2S1. The van der Waals surface area contributed by atoms with Crippen LogP contribution in [0.4, 0.5) is 5.69 Å². The van der Waals surface area contributed by atoms with Crippen LogP contribution in [0.5, 0.6) is 0 Å². The molecule has 1 amide bonds. The molecular weight excluding hydrogens is 292 g/mol. The second-order valence-corrected chi connectivity index (χ2v) is 8.01. The number of hydrogen-bond donors (Lipinski definition) is 1. The predicted molar refractivity (Wildman–Crippen MR) is 93.6 cm³/mol. The molecule has 1 aliphatic carbocycles. The van der Waals surface area contributed by atoms with E-state index < -0.39 is 0 Å². The summed E-state index contributed by atoms with van der Waals surface area (Å²) in [6, 6.07) is 8.82. The first-order valence-electron chi connectivity index (χ1n) is 8.52. The molecule has 1 aromatic rings. The van der Waals surface area contributed by atoms with Crippen molar-refractivity contribution in [3.63, 3.8) is 0 Å². The molecule has 0 bridgehead atoms. The second kappa shape index (κ2) is 7.40. The van der Waals surface area contributed by atoms with E-state index in [-0.39, 0.29) is 5.91 Å². The Hall–Kier alpha value is -1.16. The first kappa shape index (κ1) is 15.7. The quantitative estimate of drug-likeness (QED) is 0.860. The van der Waals surface area contributed by atoms with E-state index in [1.165, 1.54) is 36.3 Å². The summed E-state index contributed by atoms with van der Waals surface area (Å²) in [4.78, 5) is 16.0. The van der Waals surface area contributed by atoms with Gasteiger partial charge in [0.05, 0.1) is 12.2 Å². The number of hydrogen-bond acceptors (Lipinski definition) is 3. The average molecular weight is 318 g/mol. The van der Waals surface area contributed by atoms with E-state index in [1.807, 2.05) is 11.8 Å². The van der Waals surface area contributed by atoms with E-state index in [0.29, 0.717) is 17.8 Å². The van der Waals surface area contributed by atoms with Gasteiger partial charge in [-0.15, -0.1) is 11.8 Å². The molecule has 0 radical (unpaired) electrons. The van der Waals surface area contributed by atoms with Crippen molar-refractivity contribution < 1.29 is 4.79 Å². The Labute approximate surface area is 137 Å². The van der Waals surface area contributed by atoms with Crippen LogP contribution in [0.3, 0.4) is 0 Å². The summed E-state index contributed by atoms with van der Waals surface area (Å²) in [6.07, 6.45) is 7.45. The van der Waals surface area contributed by atoms with Crippen LogP contribution >= 0.6 is 11.8 Å². The molecule has 2 aliphatic rings. The van der Waals surface area contributed by atoms with Crippen LogP contribution in [0.25, 0.3) is 0 Å². The highest BCUT2D eigenvalue weighted by atomic mass is 32.2. The molecular formula is C18H26N2OS.